The van der Waals surface area contributed by atoms with Crippen LogP contribution in [0.4, 0.5) is 0 Å². The highest BCUT2D eigenvalue weighted by molar-refractivity contribution is 5.32. The molecule has 20 heavy (non-hydrogen) atoms. The van der Waals surface area contributed by atoms with Crippen molar-refractivity contribution in [3.05, 3.63) is 42.2 Å². The van der Waals surface area contributed by atoms with Crippen molar-refractivity contribution in [3.63, 3.8) is 0 Å². The summed E-state index contributed by atoms with van der Waals surface area (Å²) in [5.74, 6) is 1.28. The van der Waals surface area contributed by atoms with Crippen molar-refractivity contribution in [3.8, 4) is 5.69 Å². The number of rotatable bonds is 5. The Morgan fingerprint density at radius 3 is 2.90 bits per heavy atom. The first-order valence-corrected chi connectivity index (χ1v) is 7.57. The minimum absolute atomic E-state index is 0.573. The second kappa shape index (κ2) is 6.18. The number of nitrogens with one attached hydrogen (secondary N) is 1. The molecule has 2 unspecified atom stereocenters. The zero-order valence-corrected chi connectivity index (χ0v) is 12.0. The monoisotopic (exact) mass is 270 g/mol. The molecular formula is C16H22N4. The number of benzene rings is 1. The summed E-state index contributed by atoms with van der Waals surface area (Å²) in [5, 5.41) is 11.9. The predicted octanol–water partition coefficient (Wildman–Crippen LogP) is 2.76. The van der Waals surface area contributed by atoms with Gasteiger partial charge < -0.3 is 5.32 Å². The van der Waals surface area contributed by atoms with Crippen LogP contribution in [0.25, 0.3) is 5.69 Å². The minimum Gasteiger partial charge on any atom is -0.317 e. The van der Waals surface area contributed by atoms with E-state index < -0.39 is 0 Å². The molecule has 4 heteroatoms. The van der Waals surface area contributed by atoms with E-state index >= 15 is 0 Å². The molecule has 0 radical (unpaired) electrons. The van der Waals surface area contributed by atoms with Crippen LogP contribution in [0.2, 0.25) is 0 Å². The van der Waals surface area contributed by atoms with Gasteiger partial charge in [-0.3, -0.25) is 0 Å². The molecule has 106 valence electrons. The molecule has 0 spiro atoms. The fourth-order valence-electron chi connectivity index (χ4n) is 3.27. The van der Waals surface area contributed by atoms with Crippen LogP contribution >= 0.6 is 0 Å². The Morgan fingerprint density at radius 1 is 1.25 bits per heavy atom. The van der Waals surface area contributed by atoms with Gasteiger partial charge in [-0.2, -0.15) is 0 Å². The highest BCUT2D eigenvalue weighted by Crippen LogP contribution is 2.39. The smallest absolute Gasteiger partial charge is 0.0732 e. The van der Waals surface area contributed by atoms with Crippen molar-refractivity contribution in [1.29, 1.82) is 0 Å². The van der Waals surface area contributed by atoms with Crippen LogP contribution in [-0.4, -0.2) is 28.1 Å². The third-order valence-corrected chi connectivity index (χ3v) is 4.27. The second-order valence-electron chi connectivity index (χ2n) is 5.51. The molecule has 0 amide bonds. The van der Waals surface area contributed by atoms with Gasteiger partial charge in [0.1, 0.15) is 0 Å². The van der Waals surface area contributed by atoms with Gasteiger partial charge in [0.15, 0.2) is 0 Å². The van der Waals surface area contributed by atoms with E-state index in [0.29, 0.717) is 11.8 Å². The average Bonchev–Trinajstić information content (AvgIpc) is 3.14. The topological polar surface area (TPSA) is 42.7 Å². The third-order valence-electron chi connectivity index (χ3n) is 4.27. The van der Waals surface area contributed by atoms with Crippen molar-refractivity contribution in [2.45, 2.75) is 32.1 Å². The Labute approximate surface area is 120 Å². The number of aromatic nitrogens is 3. The first-order valence-electron chi connectivity index (χ1n) is 7.57. The molecule has 1 heterocycles. The van der Waals surface area contributed by atoms with Crippen LogP contribution in [-0.2, 0) is 0 Å². The standard InChI is InChI=1S/C16H22N4/c1-2-17-11-13-7-6-10-15(13)16-12-18-19-20(16)14-8-4-3-5-9-14/h3-5,8-9,12-13,15,17H,2,6-7,10-11H2,1H3. The third kappa shape index (κ3) is 2.61. The van der Waals surface area contributed by atoms with E-state index in [0.717, 1.165) is 18.8 Å². The maximum atomic E-state index is 4.29. The minimum atomic E-state index is 0.573. The quantitative estimate of drug-likeness (QED) is 0.908. The highest BCUT2D eigenvalue weighted by Gasteiger charge is 2.31. The highest BCUT2D eigenvalue weighted by atomic mass is 15.4. The molecule has 4 nitrogen and oxygen atoms in total. The van der Waals surface area contributed by atoms with Crippen molar-refractivity contribution in [1.82, 2.24) is 20.3 Å². The summed E-state index contributed by atoms with van der Waals surface area (Å²) in [4.78, 5) is 0. The van der Waals surface area contributed by atoms with E-state index in [1.807, 2.05) is 29.1 Å². The number of nitrogens with zero attached hydrogens (tertiary/aromatic N) is 3. The van der Waals surface area contributed by atoms with Gasteiger partial charge in [-0.1, -0.05) is 36.8 Å². The molecule has 0 saturated heterocycles. The average molecular weight is 270 g/mol. The normalized spacial score (nSPS) is 22.2. The number of para-hydroxylation sites is 1. The molecule has 0 bridgehead atoms. The molecule has 1 aliphatic rings. The van der Waals surface area contributed by atoms with Gasteiger partial charge in [0.05, 0.1) is 17.6 Å². The van der Waals surface area contributed by atoms with E-state index in [1.54, 1.807) is 0 Å². The molecule has 1 aromatic carbocycles. The first-order chi connectivity index (χ1) is 9.90. The van der Waals surface area contributed by atoms with Gasteiger partial charge >= 0.3 is 0 Å². The molecule has 1 N–H and O–H groups in total. The Balaban J connectivity index is 1.86. The molecule has 1 fully saturated rings. The van der Waals surface area contributed by atoms with Crippen LogP contribution < -0.4 is 5.32 Å². The molecule has 1 aromatic heterocycles. The predicted molar refractivity (Wildman–Crippen MR) is 80.0 cm³/mol. The fraction of sp³-hybridized carbons (Fsp3) is 0.500. The lowest BCUT2D eigenvalue weighted by Crippen LogP contribution is -2.25. The molecule has 3 rings (SSSR count). The van der Waals surface area contributed by atoms with Gasteiger partial charge in [-0.25, -0.2) is 4.68 Å². The lowest BCUT2D eigenvalue weighted by molar-refractivity contribution is 0.438. The summed E-state index contributed by atoms with van der Waals surface area (Å²) in [6.45, 7) is 4.31. The molecule has 1 aliphatic carbocycles. The molecule has 1 saturated carbocycles. The van der Waals surface area contributed by atoms with Gasteiger partial charge in [-0.15, -0.1) is 5.10 Å². The molecule has 2 aromatic rings. The van der Waals surface area contributed by atoms with Crippen LogP contribution in [0, 0.1) is 5.92 Å². The maximum absolute atomic E-state index is 4.29. The second-order valence-corrected chi connectivity index (χ2v) is 5.51. The van der Waals surface area contributed by atoms with Gasteiger partial charge in [0.2, 0.25) is 0 Å². The van der Waals surface area contributed by atoms with Gasteiger partial charge in [-0.05, 0) is 44.0 Å². The Kier molecular flexibility index (Phi) is 4.11. The summed E-state index contributed by atoms with van der Waals surface area (Å²) in [5.41, 5.74) is 2.37. The van der Waals surface area contributed by atoms with E-state index in [2.05, 4.69) is 34.7 Å². The van der Waals surface area contributed by atoms with E-state index in [-0.39, 0.29) is 0 Å². The summed E-state index contributed by atoms with van der Waals surface area (Å²) < 4.78 is 2.01. The Bertz CT molecular complexity index is 534. The van der Waals surface area contributed by atoms with Gasteiger partial charge in [0.25, 0.3) is 0 Å². The van der Waals surface area contributed by atoms with E-state index in [1.165, 1.54) is 25.0 Å². The van der Waals surface area contributed by atoms with Gasteiger partial charge in [0, 0.05) is 5.92 Å². The first kappa shape index (κ1) is 13.3. The lowest BCUT2D eigenvalue weighted by atomic mass is 9.93. The summed E-state index contributed by atoms with van der Waals surface area (Å²) >= 11 is 0. The SMILES string of the molecule is CCNCC1CCCC1c1cnnn1-c1ccccc1. The maximum Gasteiger partial charge on any atom is 0.0732 e. The number of hydrogen-bond donors (Lipinski definition) is 1. The van der Waals surface area contributed by atoms with Crippen LogP contribution in [0.5, 0.6) is 0 Å². The van der Waals surface area contributed by atoms with Crippen LogP contribution in [0.15, 0.2) is 36.5 Å². The molecule has 2 atom stereocenters. The van der Waals surface area contributed by atoms with E-state index in [4.69, 9.17) is 0 Å². The number of hydrogen-bond acceptors (Lipinski definition) is 3. The molecule has 0 aliphatic heterocycles. The Morgan fingerprint density at radius 2 is 2.10 bits per heavy atom. The van der Waals surface area contributed by atoms with E-state index in [9.17, 15) is 0 Å². The molecular weight excluding hydrogens is 248 g/mol. The summed E-state index contributed by atoms with van der Waals surface area (Å²) in [6, 6.07) is 10.3. The summed E-state index contributed by atoms with van der Waals surface area (Å²) in [7, 11) is 0. The fourth-order valence-corrected chi connectivity index (χ4v) is 3.27. The zero-order valence-electron chi connectivity index (χ0n) is 12.0. The summed E-state index contributed by atoms with van der Waals surface area (Å²) in [6.07, 6.45) is 5.80. The van der Waals surface area contributed by atoms with Crippen molar-refractivity contribution in [2.75, 3.05) is 13.1 Å². The van der Waals surface area contributed by atoms with Crippen molar-refractivity contribution >= 4 is 0 Å². The van der Waals surface area contributed by atoms with Crippen LogP contribution in [0.3, 0.4) is 0 Å². The Hall–Kier alpha value is -1.68. The lowest BCUT2D eigenvalue weighted by Gasteiger charge is -2.20. The largest absolute Gasteiger partial charge is 0.317 e. The van der Waals surface area contributed by atoms with Crippen molar-refractivity contribution < 1.29 is 0 Å². The van der Waals surface area contributed by atoms with Crippen molar-refractivity contribution in [2.24, 2.45) is 5.92 Å². The zero-order chi connectivity index (χ0) is 13.8. The van der Waals surface area contributed by atoms with Crippen LogP contribution in [0.1, 0.15) is 37.8 Å².